The average molecular weight is 308 g/mol. The number of aryl methyl sites for hydroxylation is 1. The number of rotatable bonds is 4. The maximum absolute atomic E-state index is 12.7. The van der Waals surface area contributed by atoms with Gasteiger partial charge in [-0.2, -0.15) is 5.10 Å². The summed E-state index contributed by atoms with van der Waals surface area (Å²) in [6.45, 7) is 8.11. The minimum atomic E-state index is -0.736. The van der Waals surface area contributed by atoms with E-state index in [1.807, 2.05) is 13.1 Å². The third-order valence-electron chi connectivity index (χ3n) is 4.10. The summed E-state index contributed by atoms with van der Waals surface area (Å²) in [6.07, 6.45) is 2.24. The highest BCUT2D eigenvalue weighted by molar-refractivity contribution is 5.96. The van der Waals surface area contributed by atoms with Gasteiger partial charge in [-0.05, 0) is 37.8 Å². The van der Waals surface area contributed by atoms with Crippen molar-refractivity contribution in [3.05, 3.63) is 11.8 Å². The van der Waals surface area contributed by atoms with Gasteiger partial charge < -0.3 is 15.4 Å². The van der Waals surface area contributed by atoms with E-state index in [1.54, 1.807) is 11.8 Å². The first-order chi connectivity index (χ1) is 10.3. The fourth-order valence-electron chi connectivity index (χ4n) is 2.86. The molecule has 22 heavy (non-hydrogen) atoms. The maximum atomic E-state index is 12.7. The Bertz CT molecular complexity index is 525. The molecule has 1 saturated heterocycles. The lowest BCUT2D eigenvalue weighted by Gasteiger charge is -2.34. The maximum Gasteiger partial charge on any atom is 0.257 e. The molecule has 0 aliphatic carbocycles. The topological polar surface area (TPSA) is 68.2 Å². The number of nitrogens with one attached hydrogen (secondary N) is 2. The zero-order valence-corrected chi connectivity index (χ0v) is 14.3. The molecule has 0 saturated carbocycles. The Morgan fingerprint density at radius 2 is 2.09 bits per heavy atom. The molecule has 2 N–H and O–H groups in total. The molecule has 0 aromatic carbocycles. The molecule has 0 spiro atoms. The number of carbonyl (C=O) groups excluding carboxylic acids is 1. The first-order valence-electron chi connectivity index (χ1n) is 7.86. The second-order valence-electron chi connectivity index (χ2n) is 7.28. The fraction of sp³-hybridized carbons (Fsp3) is 0.750. The van der Waals surface area contributed by atoms with Crippen molar-refractivity contribution in [3.8, 4) is 0 Å². The van der Waals surface area contributed by atoms with Gasteiger partial charge in [0.2, 0.25) is 0 Å². The van der Waals surface area contributed by atoms with Crippen molar-refractivity contribution < 1.29 is 9.53 Å². The second kappa shape index (κ2) is 6.38. The van der Waals surface area contributed by atoms with Crippen molar-refractivity contribution >= 4 is 11.7 Å². The van der Waals surface area contributed by atoms with Crippen LogP contribution >= 0.6 is 0 Å². The molecule has 0 radical (unpaired) electrons. The van der Waals surface area contributed by atoms with Crippen molar-refractivity contribution in [1.29, 1.82) is 0 Å². The van der Waals surface area contributed by atoms with E-state index >= 15 is 0 Å². The lowest BCUT2D eigenvalue weighted by atomic mass is 9.90. The predicted molar refractivity (Wildman–Crippen MR) is 86.8 cm³/mol. The van der Waals surface area contributed by atoms with Crippen LogP contribution < -0.4 is 10.6 Å². The van der Waals surface area contributed by atoms with Crippen molar-refractivity contribution in [2.75, 3.05) is 25.5 Å². The number of carbonyl (C=O) groups is 1. The Kier molecular flexibility index (Phi) is 4.92. The Labute approximate surface area is 132 Å². The Morgan fingerprint density at radius 1 is 1.45 bits per heavy atom. The number of amides is 1. The largest absolute Gasteiger partial charge is 0.368 e. The molecule has 1 aliphatic heterocycles. The lowest BCUT2D eigenvalue weighted by Crippen LogP contribution is -2.51. The van der Waals surface area contributed by atoms with E-state index in [9.17, 15) is 4.79 Å². The van der Waals surface area contributed by atoms with Gasteiger partial charge in [0, 0.05) is 20.2 Å². The molecule has 1 fully saturated rings. The van der Waals surface area contributed by atoms with Crippen molar-refractivity contribution in [2.24, 2.45) is 12.5 Å². The van der Waals surface area contributed by atoms with Gasteiger partial charge in [-0.15, -0.1) is 0 Å². The van der Waals surface area contributed by atoms with Crippen LogP contribution in [0.15, 0.2) is 6.07 Å². The third-order valence-corrected chi connectivity index (χ3v) is 4.10. The zero-order valence-electron chi connectivity index (χ0n) is 14.3. The molecule has 0 unspecified atom stereocenters. The summed E-state index contributed by atoms with van der Waals surface area (Å²) in [5, 5.41) is 10.7. The van der Waals surface area contributed by atoms with E-state index in [4.69, 9.17) is 4.74 Å². The monoisotopic (exact) mass is 308 g/mol. The number of methoxy groups -OCH3 is 1. The first-order valence-corrected chi connectivity index (χ1v) is 7.86. The summed E-state index contributed by atoms with van der Waals surface area (Å²) in [5.74, 6) is 0.640. The number of anilines is 1. The van der Waals surface area contributed by atoms with E-state index in [0.29, 0.717) is 12.8 Å². The van der Waals surface area contributed by atoms with Gasteiger partial charge in [0.1, 0.15) is 11.4 Å². The highest BCUT2D eigenvalue weighted by atomic mass is 16.5. The smallest absolute Gasteiger partial charge is 0.257 e. The van der Waals surface area contributed by atoms with Crippen LogP contribution in [0.1, 0.15) is 39.3 Å². The molecule has 6 nitrogen and oxygen atoms in total. The number of hydrogen-bond acceptors (Lipinski definition) is 4. The molecule has 0 atom stereocenters. The van der Waals surface area contributed by atoms with E-state index in [2.05, 4.69) is 36.5 Å². The molecule has 124 valence electrons. The molecule has 1 aromatic rings. The summed E-state index contributed by atoms with van der Waals surface area (Å²) >= 11 is 0. The highest BCUT2D eigenvalue weighted by Gasteiger charge is 2.40. The van der Waals surface area contributed by atoms with E-state index in [1.165, 1.54) is 0 Å². The van der Waals surface area contributed by atoms with Crippen LogP contribution in [-0.2, 0) is 23.0 Å². The Balaban J connectivity index is 2.11. The standard InChI is InChI=1S/C16H28N4O2/c1-15(2,3)11-12-10-13(20(4)19-12)18-14(21)16(22-5)6-8-17-9-7-16/h10,17H,6-9,11H2,1-5H3,(H,18,21). The van der Waals surface area contributed by atoms with Crippen LogP contribution in [0.4, 0.5) is 5.82 Å². The summed E-state index contributed by atoms with van der Waals surface area (Å²) < 4.78 is 7.28. The first kappa shape index (κ1) is 17.0. The molecule has 1 aliphatic rings. The molecule has 1 aromatic heterocycles. The average Bonchev–Trinajstić information content (AvgIpc) is 2.77. The van der Waals surface area contributed by atoms with Crippen LogP contribution in [0.25, 0.3) is 0 Å². The molecular formula is C16H28N4O2. The molecular weight excluding hydrogens is 280 g/mol. The van der Waals surface area contributed by atoms with Gasteiger partial charge in [0.05, 0.1) is 5.69 Å². The van der Waals surface area contributed by atoms with Gasteiger partial charge in [-0.25, -0.2) is 0 Å². The van der Waals surface area contributed by atoms with Crippen LogP contribution in [-0.4, -0.2) is 41.5 Å². The summed E-state index contributed by atoms with van der Waals surface area (Å²) in [7, 11) is 3.46. The normalized spacial score (nSPS) is 18.2. The van der Waals surface area contributed by atoms with Gasteiger partial charge >= 0.3 is 0 Å². The summed E-state index contributed by atoms with van der Waals surface area (Å²) in [5.41, 5.74) is 0.417. The van der Waals surface area contributed by atoms with Crippen molar-refractivity contribution in [3.63, 3.8) is 0 Å². The lowest BCUT2D eigenvalue weighted by molar-refractivity contribution is -0.140. The number of piperidine rings is 1. The third kappa shape index (κ3) is 3.87. The predicted octanol–water partition coefficient (Wildman–Crippen LogP) is 1.72. The van der Waals surface area contributed by atoms with E-state index in [-0.39, 0.29) is 11.3 Å². The molecule has 1 amide bonds. The van der Waals surface area contributed by atoms with Crippen LogP contribution in [0.3, 0.4) is 0 Å². The number of hydrogen-bond donors (Lipinski definition) is 2. The fourth-order valence-corrected chi connectivity index (χ4v) is 2.86. The molecule has 2 rings (SSSR count). The van der Waals surface area contributed by atoms with Crippen molar-refractivity contribution in [1.82, 2.24) is 15.1 Å². The van der Waals surface area contributed by atoms with Gasteiger partial charge in [-0.3, -0.25) is 9.48 Å². The van der Waals surface area contributed by atoms with Crippen LogP contribution in [0.2, 0.25) is 0 Å². The zero-order chi connectivity index (χ0) is 16.4. The summed E-state index contributed by atoms with van der Waals surface area (Å²) in [6, 6.07) is 1.95. The van der Waals surface area contributed by atoms with Crippen LogP contribution in [0, 0.1) is 5.41 Å². The van der Waals surface area contributed by atoms with Gasteiger partial charge in [-0.1, -0.05) is 20.8 Å². The number of nitrogens with zero attached hydrogens (tertiary/aromatic N) is 2. The molecule has 2 heterocycles. The second-order valence-corrected chi connectivity index (χ2v) is 7.28. The van der Waals surface area contributed by atoms with E-state index in [0.717, 1.165) is 31.0 Å². The number of aromatic nitrogens is 2. The number of ether oxygens (including phenoxy) is 1. The summed E-state index contributed by atoms with van der Waals surface area (Å²) in [4.78, 5) is 12.7. The Morgan fingerprint density at radius 3 is 2.64 bits per heavy atom. The van der Waals surface area contributed by atoms with Gasteiger partial charge in [0.25, 0.3) is 5.91 Å². The van der Waals surface area contributed by atoms with Gasteiger partial charge in [0.15, 0.2) is 0 Å². The molecule has 6 heteroatoms. The SMILES string of the molecule is COC1(C(=O)Nc2cc(CC(C)(C)C)nn2C)CCNCC1. The Hall–Kier alpha value is -1.40. The quantitative estimate of drug-likeness (QED) is 0.888. The highest BCUT2D eigenvalue weighted by Crippen LogP contribution is 2.26. The van der Waals surface area contributed by atoms with Crippen LogP contribution in [0.5, 0.6) is 0 Å². The van der Waals surface area contributed by atoms with E-state index < -0.39 is 5.60 Å². The minimum absolute atomic E-state index is 0.0817. The molecule has 0 bridgehead atoms. The van der Waals surface area contributed by atoms with Crippen molar-refractivity contribution in [2.45, 2.75) is 45.6 Å². The minimum Gasteiger partial charge on any atom is -0.368 e.